The molecule has 0 radical (unpaired) electrons. The van der Waals surface area contributed by atoms with Crippen molar-refractivity contribution in [3.8, 4) is 6.07 Å². The minimum Gasteiger partial charge on any atom is -0.369 e. The van der Waals surface area contributed by atoms with Crippen LogP contribution in [0.4, 0.5) is 10.1 Å². The summed E-state index contributed by atoms with van der Waals surface area (Å²) in [5.41, 5.74) is 5.21. The molecular formula is C24H35FN6O3. The first-order valence-corrected chi connectivity index (χ1v) is 11.7. The standard InChI is InChI=1S/C20H25FN4O3.C3H5N.CH5N/c1-11-17-15(19(27)23-20(28)25(17)14-3-4-14)9-16(21)18(11)24-8-6-13(10-24)5-7-22-12(2)26;1-2-3-4;1-2/h9,13-14H,3-8,10H2,1-2H3,(H,22,26)(H,23,27,28);2H2,1H3;2H2,1H3. The van der Waals surface area contributed by atoms with Crippen molar-refractivity contribution in [3.63, 3.8) is 0 Å². The second kappa shape index (κ2) is 12.3. The highest BCUT2D eigenvalue weighted by Crippen LogP contribution is 2.39. The van der Waals surface area contributed by atoms with E-state index in [4.69, 9.17) is 5.26 Å². The van der Waals surface area contributed by atoms with E-state index in [1.807, 2.05) is 17.9 Å². The number of anilines is 1. The molecule has 0 spiro atoms. The van der Waals surface area contributed by atoms with Gasteiger partial charge in [0.1, 0.15) is 5.82 Å². The van der Waals surface area contributed by atoms with Crippen molar-refractivity contribution in [3.05, 3.63) is 38.3 Å². The summed E-state index contributed by atoms with van der Waals surface area (Å²) in [5.74, 6) is -0.111. The summed E-state index contributed by atoms with van der Waals surface area (Å²) in [7, 11) is 1.50. The van der Waals surface area contributed by atoms with Gasteiger partial charge in [-0.2, -0.15) is 5.26 Å². The average Bonchev–Trinajstić information content (AvgIpc) is 3.54. The maximum Gasteiger partial charge on any atom is 0.329 e. The van der Waals surface area contributed by atoms with Gasteiger partial charge in [0.05, 0.1) is 22.7 Å². The van der Waals surface area contributed by atoms with Crippen molar-refractivity contribution in [2.45, 2.75) is 58.9 Å². The van der Waals surface area contributed by atoms with Crippen LogP contribution in [-0.2, 0) is 4.79 Å². The Morgan fingerprint density at radius 2 is 1.97 bits per heavy atom. The highest BCUT2D eigenvalue weighted by molar-refractivity contribution is 5.87. The molecule has 1 amide bonds. The number of aromatic nitrogens is 2. The molecule has 34 heavy (non-hydrogen) atoms. The van der Waals surface area contributed by atoms with Crippen LogP contribution in [0.3, 0.4) is 0 Å². The molecular weight excluding hydrogens is 439 g/mol. The summed E-state index contributed by atoms with van der Waals surface area (Å²) in [6.07, 6.45) is 4.17. The zero-order valence-electron chi connectivity index (χ0n) is 20.4. The highest BCUT2D eigenvalue weighted by atomic mass is 19.1. The van der Waals surface area contributed by atoms with Crippen LogP contribution >= 0.6 is 0 Å². The van der Waals surface area contributed by atoms with E-state index in [2.05, 4.69) is 16.0 Å². The Morgan fingerprint density at radius 3 is 2.53 bits per heavy atom. The molecule has 1 aliphatic carbocycles. The molecule has 1 aromatic heterocycles. The van der Waals surface area contributed by atoms with Gasteiger partial charge in [0.15, 0.2) is 0 Å². The quantitative estimate of drug-likeness (QED) is 0.608. The lowest BCUT2D eigenvalue weighted by molar-refractivity contribution is -0.118. The van der Waals surface area contributed by atoms with Gasteiger partial charge in [-0.05, 0) is 51.6 Å². The molecule has 1 saturated heterocycles. The molecule has 1 unspecified atom stereocenters. The van der Waals surface area contributed by atoms with Crippen molar-refractivity contribution in [1.29, 1.82) is 5.26 Å². The fourth-order valence-corrected chi connectivity index (χ4v) is 4.36. The zero-order valence-corrected chi connectivity index (χ0v) is 20.4. The number of hydrogen-bond acceptors (Lipinski definition) is 6. The Bertz CT molecular complexity index is 1160. The number of halogens is 1. The zero-order chi connectivity index (χ0) is 25.4. The third kappa shape index (κ3) is 6.23. The smallest absolute Gasteiger partial charge is 0.329 e. The molecule has 186 valence electrons. The number of hydrogen-bond donors (Lipinski definition) is 3. The van der Waals surface area contributed by atoms with E-state index in [1.54, 1.807) is 11.5 Å². The van der Waals surface area contributed by atoms with Gasteiger partial charge in [0.25, 0.3) is 5.56 Å². The number of benzene rings is 1. The Balaban J connectivity index is 0.000000618. The largest absolute Gasteiger partial charge is 0.369 e. The summed E-state index contributed by atoms with van der Waals surface area (Å²) >= 11 is 0. The normalized spacial score (nSPS) is 16.7. The highest BCUT2D eigenvalue weighted by Gasteiger charge is 2.31. The summed E-state index contributed by atoms with van der Waals surface area (Å²) < 4.78 is 16.6. The monoisotopic (exact) mass is 474 g/mol. The third-order valence-corrected chi connectivity index (χ3v) is 5.99. The molecule has 2 aliphatic rings. The van der Waals surface area contributed by atoms with Crippen LogP contribution in [-0.4, -0.2) is 42.1 Å². The van der Waals surface area contributed by atoms with Crippen LogP contribution in [0.1, 0.15) is 57.6 Å². The lowest BCUT2D eigenvalue weighted by Crippen LogP contribution is -2.31. The second-order valence-corrected chi connectivity index (χ2v) is 8.47. The first-order valence-electron chi connectivity index (χ1n) is 11.7. The predicted octanol–water partition coefficient (Wildman–Crippen LogP) is 2.32. The van der Waals surface area contributed by atoms with Gasteiger partial charge < -0.3 is 16.0 Å². The number of aromatic amines is 1. The lowest BCUT2D eigenvalue weighted by atomic mass is 10.0. The van der Waals surface area contributed by atoms with Crippen molar-refractivity contribution >= 4 is 22.5 Å². The molecule has 0 bridgehead atoms. The van der Waals surface area contributed by atoms with E-state index >= 15 is 4.39 Å². The fourth-order valence-electron chi connectivity index (χ4n) is 4.36. The minimum atomic E-state index is -0.542. The second-order valence-electron chi connectivity index (χ2n) is 8.47. The summed E-state index contributed by atoms with van der Waals surface area (Å²) in [6, 6.07) is 3.27. The summed E-state index contributed by atoms with van der Waals surface area (Å²) in [4.78, 5) is 40.0. The summed E-state index contributed by atoms with van der Waals surface area (Å²) in [5, 5.41) is 10.7. The maximum absolute atomic E-state index is 15.0. The SMILES string of the molecule is CC(=O)NCCC1CCN(c2c(F)cc3c(=O)[nH]c(=O)n(C4CC4)c3c2C)C1.CCC#N.CN. The molecule has 1 aromatic carbocycles. The maximum atomic E-state index is 15.0. The number of amides is 1. The van der Waals surface area contributed by atoms with Crippen LogP contribution in [0.25, 0.3) is 10.9 Å². The summed E-state index contributed by atoms with van der Waals surface area (Å²) in [6.45, 7) is 7.13. The van der Waals surface area contributed by atoms with E-state index < -0.39 is 17.1 Å². The van der Waals surface area contributed by atoms with Gasteiger partial charge in [-0.3, -0.25) is 19.1 Å². The molecule has 1 atom stereocenters. The van der Waals surface area contributed by atoms with E-state index in [9.17, 15) is 14.4 Å². The van der Waals surface area contributed by atoms with Crippen molar-refractivity contribution in [1.82, 2.24) is 14.9 Å². The molecule has 2 heterocycles. The number of nitrogens with one attached hydrogen (secondary N) is 2. The number of nitriles is 1. The van der Waals surface area contributed by atoms with Crippen molar-refractivity contribution in [2.24, 2.45) is 11.7 Å². The first-order chi connectivity index (χ1) is 16.3. The molecule has 2 fully saturated rings. The van der Waals surface area contributed by atoms with Gasteiger partial charge in [0.2, 0.25) is 5.91 Å². The third-order valence-electron chi connectivity index (χ3n) is 5.99. The van der Waals surface area contributed by atoms with Crippen molar-refractivity contribution < 1.29 is 9.18 Å². The van der Waals surface area contributed by atoms with E-state index in [-0.39, 0.29) is 17.3 Å². The van der Waals surface area contributed by atoms with Gasteiger partial charge in [-0.15, -0.1) is 0 Å². The van der Waals surface area contributed by atoms with Gasteiger partial charge in [0, 0.05) is 44.6 Å². The molecule has 2 aromatic rings. The molecule has 9 nitrogen and oxygen atoms in total. The average molecular weight is 475 g/mol. The van der Waals surface area contributed by atoms with Crippen LogP contribution in [0.5, 0.6) is 0 Å². The number of carbonyl (C=O) groups is 1. The van der Waals surface area contributed by atoms with Gasteiger partial charge >= 0.3 is 5.69 Å². The Hall–Kier alpha value is -3.19. The number of H-pyrrole nitrogens is 1. The Morgan fingerprint density at radius 1 is 1.32 bits per heavy atom. The number of nitrogens with zero attached hydrogens (tertiary/aromatic N) is 3. The predicted molar refractivity (Wildman–Crippen MR) is 131 cm³/mol. The minimum absolute atomic E-state index is 0.0467. The number of fused-ring (bicyclic) bond motifs is 1. The lowest BCUT2D eigenvalue weighted by Gasteiger charge is -2.24. The van der Waals surface area contributed by atoms with E-state index in [1.165, 1.54) is 20.0 Å². The molecule has 1 saturated carbocycles. The molecule has 10 heteroatoms. The fraction of sp³-hybridized carbons (Fsp3) is 0.583. The van der Waals surface area contributed by atoms with Gasteiger partial charge in [-0.25, -0.2) is 9.18 Å². The van der Waals surface area contributed by atoms with Crippen LogP contribution in [0.15, 0.2) is 15.7 Å². The topological polar surface area (TPSA) is 137 Å². The van der Waals surface area contributed by atoms with E-state index in [0.717, 1.165) is 25.7 Å². The Labute approximate surface area is 198 Å². The van der Waals surface area contributed by atoms with Gasteiger partial charge in [-0.1, -0.05) is 6.92 Å². The van der Waals surface area contributed by atoms with Crippen molar-refractivity contribution in [2.75, 3.05) is 31.6 Å². The molecule has 4 N–H and O–H groups in total. The number of rotatable bonds is 5. The number of carbonyl (C=O) groups excluding carboxylic acids is 1. The van der Waals surface area contributed by atoms with E-state index in [0.29, 0.717) is 48.7 Å². The van der Waals surface area contributed by atoms with Crippen LogP contribution in [0.2, 0.25) is 0 Å². The number of aryl methyl sites for hydroxylation is 1. The number of nitrogens with two attached hydrogens (primary N) is 1. The first kappa shape index (κ1) is 27.1. The van der Waals surface area contributed by atoms with Crippen LogP contribution < -0.4 is 27.2 Å². The molecule has 4 rings (SSSR count). The molecule has 1 aliphatic heterocycles. The van der Waals surface area contributed by atoms with Crippen LogP contribution in [0, 0.1) is 30.0 Å². The Kier molecular flexibility index (Phi) is 9.81.